The van der Waals surface area contributed by atoms with Gasteiger partial charge in [0.15, 0.2) is 5.78 Å². The van der Waals surface area contributed by atoms with Gasteiger partial charge in [-0.3, -0.25) is 9.59 Å². The van der Waals surface area contributed by atoms with Crippen LogP contribution < -0.4 is 4.74 Å². The number of ketones is 1. The highest BCUT2D eigenvalue weighted by molar-refractivity contribution is 6.07. The second-order valence-corrected chi connectivity index (χ2v) is 8.63. The molecule has 0 fully saturated rings. The summed E-state index contributed by atoms with van der Waals surface area (Å²) >= 11 is 0. The largest absolute Gasteiger partial charge is 0.490 e. The van der Waals surface area contributed by atoms with E-state index >= 15 is 0 Å². The zero-order valence-electron chi connectivity index (χ0n) is 19.2. The Morgan fingerprint density at radius 3 is 2.17 bits per heavy atom. The van der Waals surface area contributed by atoms with Crippen molar-refractivity contribution in [2.75, 3.05) is 14.1 Å². The normalized spacial score (nSPS) is 11.7. The van der Waals surface area contributed by atoms with Crippen molar-refractivity contribution in [3.8, 4) is 5.75 Å². The molecule has 0 aliphatic heterocycles. The molecular formula is C26H33NO3. The first-order valence-corrected chi connectivity index (χ1v) is 10.4. The Morgan fingerprint density at radius 2 is 1.63 bits per heavy atom. The average Bonchev–Trinajstić information content (AvgIpc) is 2.71. The van der Waals surface area contributed by atoms with Crippen LogP contribution in [0.1, 0.15) is 72.9 Å². The molecule has 0 N–H and O–H groups in total. The zero-order valence-corrected chi connectivity index (χ0v) is 19.2. The third-order valence-electron chi connectivity index (χ3n) is 5.27. The van der Waals surface area contributed by atoms with Gasteiger partial charge in [0.1, 0.15) is 5.75 Å². The minimum atomic E-state index is -0.116. The van der Waals surface area contributed by atoms with Gasteiger partial charge < -0.3 is 9.64 Å². The lowest BCUT2D eigenvalue weighted by molar-refractivity contribution is 0.0827. The van der Waals surface area contributed by atoms with Crippen LogP contribution in [-0.2, 0) is 5.41 Å². The van der Waals surface area contributed by atoms with Crippen molar-refractivity contribution in [1.82, 2.24) is 4.90 Å². The number of allylic oxidation sites excluding steroid dienone is 1. The summed E-state index contributed by atoms with van der Waals surface area (Å²) in [6.45, 7) is 10.6. The first-order chi connectivity index (χ1) is 14.0. The Kier molecular flexibility index (Phi) is 7.60. The number of carbonyl (C=O) groups excluding carboxylic acids is 2. The van der Waals surface area contributed by atoms with Gasteiger partial charge in [-0.1, -0.05) is 39.0 Å². The van der Waals surface area contributed by atoms with Crippen LogP contribution in [0.4, 0.5) is 0 Å². The second kappa shape index (κ2) is 9.75. The molecule has 1 amide bonds. The van der Waals surface area contributed by atoms with Crippen molar-refractivity contribution < 1.29 is 14.3 Å². The molecule has 0 saturated heterocycles. The number of benzene rings is 2. The summed E-state index contributed by atoms with van der Waals surface area (Å²) in [7, 11) is 3.41. The van der Waals surface area contributed by atoms with E-state index < -0.39 is 0 Å². The molecule has 160 valence electrons. The van der Waals surface area contributed by atoms with E-state index in [2.05, 4.69) is 32.9 Å². The minimum Gasteiger partial charge on any atom is -0.490 e. The third kappa shape index (κ3) is 5.82. The summed E-state index contributed by atoms with van der Waals surface area (Å²) in [5.74, 6) is 0.557. The van der Waals surface area contributed by atoms with Gasteiger partial charge >= 0.3 is 0 Å². The molecule has 0 aliphatic rings. The Balaban J connectivity index is 2.31. The molecule has 4 heteroatoms. The van der Waals surface area contributed by atoms with E-state index in [4.69, 9.17) is 4.74 Å². The first-order valence-electron chi connectivity index (χ1n) is 10.4. The predicted octanol–water partition coefficient (Wildman–Crippen LogP) is 5.76. The predicted molar refractivity (Wildman–Crippen MR) is 123 cm³/mol. The highest BCUT2D eigenvalue weighted by atomic mass is 16.5. The lowest BCUT2D eigenvalue weighted by Crippen LogP contribution is -2.21. The fourth-order valence-electron chi connectivity index (χ4n) is 2.96. The number of amides is 1. The molecule has 0 aromatic heterocycles. The van der Waals surface area contributed by atoms with Gasteiger partial charge in [-0.2, -0.15) is 0 Å². The Bertz CT molecular complexity index is 922. The van der Waals surface area contributed by atoms with Crippen LogP contribution in [0.3, 0.4) is 0 Å². The van der Waals surface area contributed by atoms with Crippen molar-refractivity contribution in [1.29, 1.82) is 0 Å². The van der Waals surface area contributed by atoms with Crippen LogP contribution in [0, 0.1) is 0 Å². The number of rotatable bonds is 8. The van der Waals surface area contributed by atoms with Gasteiger partial charge in [0, 0.05) is 30.8 Å². The van der Waals surface area contributed by atoms with Gasteiger partial charge in [-0.25, -0.2) is 0 Å². The highest BCUT2D eigenvalue weighted by Crippen LogP contribution is 2.32. The lowest BCUT2D eigenvalue weighted by Gasteiger charge is -2.24. The molecule has 0 unspecified atom stereocenters. The lowest BCUT2D eigenvalue weighted by atomic mass is 9.81. The quantitative estimate of drug-likeness (QED) is 0.413. The topological polar surface area (TPSA) is 46.6 Å². The van der Waals surface area contributed by atoms with Crippen LogP contribution in [0.15, 0.2) is 48.5 Å². The first kappa shape index (κ1) is 23.4. The summed E-state index contributed by atoms with van der Waals surface area (Å²) in [5, 5.41) is 0. The third-order valence-corrected chi connectivity index (χ3v) is 5.27. The molecule has 0 bridgehead atoms. The minimum absolute atomic E-state index is 0.0395. The summed E-state index contributed by atoms with van der Waals surface area (Å²) < 4.78 is 5.94. The van der Waals surface area contributed by atoms with Crippen molar-refractivity contribution in [3.63, 3.8) is 0 Å². The van der Waals surface area contributed by atoms with Crippen molar-refractivity contribution >= 4 is 17.8 Å². The van der Waals surface area contributed by atoms with E-state index in [9.17, 15) is 9.59 Å². The molecule has 0 aliphatic carbocycles. The van der Waals surface area contributed by atoms with Crippen molar-refractivity contribution in [2.24, 2.45) is 0 Å². The molecule has 2 rings (SSSR count). The van der Waals surface area contributed by atoms with E-state index in [0.29, 0.717) is 11.1 Å². The Labute approximate surface area is 180 Å². The average molecular weight is 408 g/mol. The standard InChI is InChI=1S/C26H33NO3/c1-8-26(4,5)22-14-16-24(30-18(2)3)21(17-22)13-15-23(28)19-9-11-20(12-10-19)25(29)27(6)7/h9-18H,8H2,1-7H3/b15-13+. The number of nitrogens with zero attached hydrogens (tertiary/aromatic N) is 1. The molecule has 2 aromatic rings. The maximum Gasteiger partial charge on any atom is 0.253 e. The molecule has 0 radical (unpaired) electrons. The van der Waals surface area contributed by atoms with Gasteiger partial charge in [0.05, 0.1) is 6.10 Å². The number of hydrogen-bond acceptors (Lipinski definition) is 3. The van der Waals surface area contributed by atoms with E-state index in [1.165, 1.54) is 10.5 Å². The zero-order chi connectivity index (χ0) is 22.5. The number of carbonyl (C=O) groups is 2. The summed E-state index contributed by atoms with van der Waals surface area (Å²) in [4.78, 5) is 26.2. The van der Waals surface area contributed by atoms with Gasteiger partial charge in [0.2, 0.25) is 0 Å². The maximum atomic E-state index is 12.7. The van der Waals surface area contributed by atoms with Gasteiger partial charge in [-0.05, 0) is 67.7 Å². The molecule has 0 spiro atoms. The number of hydrogen-bond donors (Lipinski definition) is 0. The molecule has 0 heterocycles. The van der Waals surface area contributed by atoms with Gasteiger partial charge in [0.25, 0.3) is 5.91 Å². The van der Waals surface area contributed by atoms with E-state index in [1.807, 2.05) is 26.0 Å². The molecule has 0 saturated carbocycles. The van der Waals surface area contributed by atoms with Crippen LogP contribution in [0.5, 0.6) is 5.75 Å². The van der Waals surface area contributed by atoms with Crippen molar-refractivity contribution in [3.05, 3.63) is 70.8 Å². The molecular weight excluding hydrogens is 374 g/mol. The van der Waals surface area contributed by atoms with Crippen LogP contribution in [0.2, 0.25) is 0 Å². The van der Waals surface area contributed by atoms with Gasteiger partial charge in [-0.15, -0.1) is 0 Å². The van der Waals surface area contributed by atoms with E-state index in [1.54, 1.807) is 44.4 Å². The molecule has 2 aromatic carbocycles. The monoisotopic (exact) mass is 407 g/mol. The van der Waals surface area contributed by atoms with Crippen molar-refractivity contribution in [2.45, 2.75) is 52.6 Å². The molecule has 4 nitrogen and oxygen atoms in total. The fourth-order valence-corrected chi connectivity index (χ4v) is 2.96. The summed E-state index contributed by atoms with van der Waals surface area (Å²) in [6, 6.07) is 12.9. The smallest absolute Gasteiger partial charge is 0.253 e. The van der Waals surface area contributed by atoms with Crippen LogP contribution in [-0.4, -0.2) is 36.8 Å². The fraction of sp³-hybridized carbons (Fsp3) is 0.385. The molecule has 30 heavy (non-hydrogen) atoms. The summed E-state index contributed by atoms with van der Waals surface area (Å²) in [6.07, 6.45) is 4.43. The SMILES string of the molecule is CCC(C)(C)c1ccc(OC(C)C)c(/C=C/C(=O)c2ccc(C(=O)N(C)C)cc2)c1. The highest BCUT2D eigenvalue weighted by Gasteiger charge is 2.19. The Hall–Kier alpha value is -2.88. The molecule has 0 atom stereocenters. The summed E-state index contributed by atoms with van der Waals surface area (Å²) in [5.41, 5.74) is 3.23. The number of ether oxygens (including phenoxy) is 1. The van der Waals surface area contributed by atoms with E-state index in [-0.39, 0.29) is 23.2 Å². The van der Waals surface area contributed by atoms with Crippen LogP contribution >= 0.6 is 0 Å². The second-order valence-electron chi connectivity index (χ2n) is 8.63. The maximum absolute atomic E-state index is 12.7. The Morgan fingerprint density at radius 1 is 1.03 bits per heavy atom. The van der Waals surface area contributed by atoms with Crippen LogP contribution in [0.25, 0.3) is 6.08 Å². The van der Waals surface area contributed by atoms with E-state index in [0.717, 1.165) is 17.7 Å².